The first-order chi connectivity index (χ1) is 10.3. The summed E-state index contributed by atoms with van der Waals surface area (Å²) < 4.78 is 5.54. The molecule has 2 heteroatoms. The number of ether oxygens (including phenoxy) is 1. The number of fused-ring (bicyclic) bond motifs is 1. The number of benzene rings is 2. The molecule has 0 unspecified atom stereocenters. The average molecular weight is 281 g/mol. The van der Waals surface area contributed by atoms with Crippen molar-refractivity contribution in [2.75, 3.05) is 18.5 Å². The van der Waals surface area contributed by atoms with E-state index >= 15 is 0 Å². The maximum Gasteiger partial charge on any atom is 0.122 e. The topological polar surface area (TPSA) is 21.3 Å². The summed E-state index contributed by atoms with van der Waals surface area (Å²) in [5, 5.41) is 3.50. The van der Waals surface area contributed by atoms with Crippen molar-refractivity contribution in [2.24, 2.45) is 0 Å². The zero-order valence-electron chi connectivity index (χ0n) is 12.7. The van der Waals surface area contributed by atoms with Crippen molar-refractivity contribution in [1.82, 2.24) is 0 Å². The van der Waals surface area contributed by atoms with Gasteiger partial charge in [0.05, 0.1) is 6.61 Å². The van der Waals surface area contributed by atoms with Gasteiger partial charge in [0.25, 0.3) is 0 Å². The van der Waals surface area contributed by atoms with Gasteiger partial charge in [-0.3, -0.25) is 0 Å². The first-order valence-electron chi connectivity index (χ1n) is 7.92. The van der Waals surface area contributed by atoms with E-state index in [1.807, 2.05) is 0 Å². The first-order valence-corrected chi connectivity index (χ1v) is 7.92. The van der Waals surface area contributed by atoms with Crippen LogP contribution in [0.25, 0.3) is 0 Å². The van der Waals surface area contributed by atoms with Crippen LogP contribution in [-0.4, -0.2) is 13.2 Å². The van der Waals surface area contributed by atoms with E-state index in [2.05, 4.69) is 54.7 Å². The normalized spacial score (nSPS) is 12.8. The molecule has 1 aliphatic rings. The van der Waals surface area contributed by atoms with Gasteiger partial charge in [-0.25, -0.2) is 0 Å². The zero-order valence-corrected chi connectivity index (χ0v) is 12.7. The molecule has 0 bridgehead atoms. The van der Waals surface area contributed by atoms with Crippen LogP contribution in [0.15, 0.2) is 42.5 Å². The predicted octanol–water partition coefficient (Wildman–Crippen LogP) is 4.23. The van der Waals surface area contributed by atoms with Crippen molar-refractivity contribution in [3.05, 3.63) is 59.2 Å². The van der Waals surface area contributed by atoms with Crippen LogP contribution in [-0.2, 0) is 19.3 Å². The summed E-state index contributed by atoms with van der Waals surface area (Å²) in [4.78, 5) is 0. The molecule has 21 heavy (non-hydrogen) atoms. The lowest BCUT2D eigenvalue weighted by molar-refractivity contribution is 0.357. The van der Waals surface area contributed by atoms with Crippen LogP contribution >= 0.6 is 0 Å². The Morgan fingerprint density at radius 2 is 1.81 bits per heavy atom. The standard InChI is InChI=1S/C19H23NO/c1-2-3-15-4-7-18(8-5-15)20-12-10-16-6-9-19-17(14-16)11-13-21-19/h4-9,14,20H,2-3,10-13H2,1H3. The number of anilines is 1. The van der Waals surface area contributed by atoms with Gasteiger partial charge in [-0.2, -0.15) is 0 Å². The molecule has 0 spiro atoms. The second-order valence-electron chi connectivity index (χ2n) is 5.66. The van der Waals surface area contributed by atoms with Crippen molar-refractivity contribution >= 4 is 5.69 Å². The molecule has 0 saturated carbocycles. The number of hydrogen-bond acceptors (Lipinski definition) is 2. The zero-order chi connectivity index (χ0) is 14.5. The minimum Gasteiger partial charge on any atom is -0.493 e. The summed E-state index contributed by atoms with van der Waals surface area (Å²) in [6.07, 6.45) is 4.46. The maximum absolute atomic E-state index is 5.54. The molecule has 1 N–H and O–H groups in total. The molecule has 1 aliphatic heterocycles. The molecule has 0 aliphatic carbocycles. The number of aryl methyl sites for hydroxylation is 1. The Labute approximate surface area is 127 Å². The molecule has 0 saturated heterocycles. The van der Waals surface area contributed by atoms with E-state index in [0.717, 1.165) is 38.2 Å². The molecule has 0 amide bonds. The Hall–Kier alpha value is -1.96. The largest absolute Gasteiger partial charge is 0.493 e. The highest BCUT2D eigenvalue weighted by Crippen LogP contribution is 2.26. The van der Waals surface area contributed by atoms with Gasteiger partial charge in [0, 0.05) is 18.7 Å². The Morgan fingerprint density at radius 3 is 2.62 bits per heavy atom. The van der Waals surface area contributed by atoms with E-state index < -0.39 is 0 Å². The summed E-state index contributed by atoms with van der Waals surface area (Å²) in [7, 11) is 0. The molecular weight excluding hydrogens is 258 g/mol. The van der Waals surface area contributed by atoms with Crippen molar-refractivity contribution < 1.29 is 4.74 Å². The molecule has 3 rings (SSSR count). The number of nitrogens with one attached hydrogen (secondary N) is 1. The van der Waals surface area contributed by atoms with Gasteiger partial charge in [-0.1, -0.05) is 37.6 Å². The highest BCUT2D eigenvalue weighted by atomic mass is 16.5. The van der Waals surface area contributed by atoms with Crippen molar-refractivity contribution in [3.8, 4) is 5.75 Å². The van der Waals surface area contributed by atoms with Crippen LogP contribution in [0.1, 0.15) is 30.0 Å². The van der Waals surface area contributed by atoms with Crippen LogP contribution in [0.3, 0.4) is 0 Å². The summed E-state index contributed by atoms with van der Waals surface area (Å²) in [6, 6.07) is 15.4. The van der Waals surface area contributed by atoms with Crippen LogP contribution in [0.2, 0.25) is 0 Å². The van der Waals surface area contributed by atoms with Crippen molar-refractivity contribution in [3.63, 3.8) is 0 Å². The molecular formula is C19H23NO. The molecule has 0 radical (unpaired) electrons. The average Bonchev–Trinajstić information content (AvgIpc) is 2.97. The quantitative estimate of drug-likeness (QED) is 0.855. The van der Waals surface area contributed by atoms with Gasteiger partial charge in [-0.15, -0.1) is 0 Å². The van der Waals surface area contributed by atoms with Crippen LogP contribution in [0.4, 0.5) is 5.69 Å². The molecule has 0 fully saturated rings. The molecule has 0 aromatic heterocycles. The van der Waals surface area contributed by atoms with Crippen LogP contribution in [0, 0.1) is 0 Å². The second-order valence-corrected chi connectivity index (χ2v) is 5.66. The molecule has 1 heterocycles. The maximum atomic E-state index is 5.54. The fourth-order valence-corrected chi connectivity index (χ4v) is 2.82. The summed E-state index contributed by atoms with van der Waals surface area (Å²) in [6.45, 7) is 4.02. The lowest BCUT2D eigenvalue weighted by Gasteiger charge is -2.08. The van der Waals surface area contributed by atoms with E-state index in [1.165, 1.54) is 28.8 Å². The fraction of sp³-hybridized carbons (Fsp3) is 0.368. The molecule has 110 valence electrons. The van der Waals surface area contributed by atoms with Gasteiger partial charge >= 0.3 is 0 Å². The molecule has 2 nitrogen and oxygen atoms in total. The summed E-state index contributed by atoms with van der Waals surface area (Å²) in [5.41, 5.74) is 5.37. The van der Waals surface area contributed by atoms with E-state index in [9.17, 15) is 0 Å². The highest BCUT2D eigenvalue weighted by Gasteiger charge is 2.11. The fourth-order valence-electron chi connectivity index (χ4n) is 2.82. The Morgan fingerprint density at radius 1 is 1.00 bits per heavy atom. The third-order valence-corrected chi connectivity index (χ3v) is 3.99. The van der Waals surface area contributed by atoms with E-state index in [4.69, 9.17) is 4.74 Å². The lowest BCUT2D eigenvalue weighted by Crippen LogP contribution is -2.05. The van der Waals surface area contributed by atoms with Gasteiger partial charge in [0.15, 0.2) is 0 Å². The highest BCUT2D eigenvalue weighted by molar-refractivity contribution is 5.45. The van der Waals surface area contributed by atoms with Gasteiger partial charge in [0.2, 0.25) is 0 Å². The summed E-state index contributed by atoms with van der Waals surface area (Å²) in [5.74, 6) is 1.07. The van der Waals surface area contributed by atoms with Gasteiger partial charge < -0.3 is 10.1 Å². The molecule has 0 atom stereocenters. The van der Waals surface area contributed by atoms with E-state index in [0.29, 0.717) is 0 Å². The number of hydrogen-bond donors (Lipinski definition) is 1. The Bertz CT molecular complexity index is 589. The molecule has 2 aromatic rings. The van der Waals surface area contributed by atoms with E-state index in [-0.39, 0.29) is 0 Å². The summed E-state index contributed by atoms with van der Waals surface area (Å²) >= 11 is 0. The minimum absolute atomic E-state index is 0.834. The molecule has 2 aromatic carbocycles. The Balaban J connectivity index is 1.51. The first kappa shape index (κ1) is 14.0. The van der Waals surface area contributed by atoms with Gasteiger partial charge in [-0.05, 0) is 47.7 Å². The van der Waals surface area contributed by atoms with Gasteiger partial charge in [0.1, 0.15) is 5.75 Å². The van der Waals surface area contributed by atoms with E-state index in [1.54, 1.807) is 0 Å². The monoisotopic (exact) mass is 281 g/mol. The SMILES string of the molecule is CCCc1ccc(NCCc2ccc3c(c2)CCO3)cc1. The minimum atomic E-state index is 0.834. The Kier molecular flexibility index (Phi) is 4.44. The van der Waals surface area contributed by atoms with Crippen LogP contribution < -0.4 is 10.1 Å². The third-order valence-electron chi connectivity index (χ3n) is 3.99. The predicted molar refractivity (Wildman–Crippen MR) is 88.3 cm³/mol. The second kappa shape index (κ2) is 6.66. The van der Waals surface area contributed by atoms with Crippen molar-refractivity contribution in [2.45, 2.75) is 32.6 Å². The lowest BCUT2D eigenvalue weighted by atomic mass is 10.1. The van der Waals surface area contributed by atoms with Crippen LogP contribution in [0.5, 0.6) is 5.75 Å². The smallest absolute Gasteiger partial charge is 0.122 e. The van der Waals surface area contributed by atoms with Crippen molar-refractivity contribution in [1.29, 1.82) is 0 Å². The number of rotatable bonds is 6. The third kappa shape index (κ3) is 3.57.